The summed E-state index contributed by atoms with van der Waals surface area (Å²) in [5, 5.41) is 0. The van der Waals surface area contributed by atoms with Gasteiger partial charge < -0.3 is 18.9 Å². The lowest BCUT2D eigenvalue weighted by molar-refractivity contribution is -0.171. The zero-order valence-corrected chi connectivity index (χ0v) is 12.7. The van der Waals surface area contributed by atoms with E-state index in [2.05, 4.69) is 4.90 Å². The lowest BCUT2D eigenvalue weighted by Gasteiger charge is -2.47. The highest BCUT2D eigenvalue weighted by molar-refractivity contribution is 5.74. The molecular weight excluding hydrogens is 274 g/mol. The van der Waals surface area contributed by atoms with Gasteiger partial charge in [-0.3, -0.25) is 4.90 Å². The maximum Gasteiger partial charge on any atom is 0.336 e. The van der Waals surface area contributed by atoms with E-state index in [-0.39, 0.29) is 11.6 Å². The Morgan fingerprint density at radius 2 is 2.05 bits per heavy atom. The van der Waals surface area contributed by atoms with Gasteiger partial charge >= 0.3 is 5.97 Å². The monoisotopic (exact) mass is 299 g/mol. The molecule has 3 heterocycles. The van der Waals surface area contributed by atoms with E-state index >= 15 is 0 Å². The number of ether oxygens (including phenoxy) is 4. The van der Waals surface area contributed by atoms with Crippen molar-refractivity contribution < 1.29 is 23.7 Å². The molecule has 0 N–H and O–H groups in total. The van der Waals surface area contributed by atoms with Crippen LogP contribution in [-0.4, -0.2) is 75.2 Å². The van der Waals surface area contributed by atoms with Gasteiger partial charge in [0.1, 0.15) is 0 Å². The molecule has 6 heteroatoms. The Morgan fingerprint density at radius 1 is 1.24 bits per heavy atom. The topological polar surface area (TPSA) is 57.2 Å². The van der Waals surface area contributed by atoms with Gasteiger partial charge in [-0.1, -0.05) is 0 Å². The quantitative estimate of drug-likeness (QED) is 0.696. The minimum absolute atomic E-state index is 0.0137. The van der Waals surface area contributed by atoms with Crippen LogP contribution >= 0.6 is 0 Å². The molecular formula is C15H25NO5. The minimum Gasteiger partial charge on any atom is -0.467 e. The summed E-state index contributed by atoms with van der Waals surface area (Å²) in [5.74, 6) is -0.271. The second-order valence-electron chi connectivity index (χ2n) is 6.17. The highest BCUT2D eigenvalue weighted by atomic mass is 16.6. The van der Waals surface area contributed by atoms with Crippen LogP contribution in [0.2, 0.25) is 0 Å². The number of methoxy groups -OCH3 is 1. The van der Waals surface area contributed by atoms with Crippen molar-refractivity contribution >= 4 is 5.97 Å². The Hall–Kier alpha value is -0.690. The first-order valence-corrected chi connectivity index (χ1v) is 7.88. The Kier molecular flexibility index (Phi) is 4.78. The summed E-state index contributed by atoms with van der Waals surface area (Å²) >= 11 is 0. The molecule has 3 aliphatic heterocycles. The van der Waals surface area contributed by atoms with Crippen molar-refractivity contribution in [3.8, 4) is 0 Å². The summed E-state index contributed by atoms with van der Waals surface area (Å²) in [6.45, 7) is 4.48. The number of rotatable bonds is 2. The van der Waals surface area contributed by atoms with Crippen LogP contribution in [0.4, 0.5) is 0 Å². The van der Waals surface area contributed by atoms with Crippen LogP contribution < -0.4 is 0 Å². The molecule has 120 valence electrons. The van der Waals surface area contributed by atoms with Gasteiger partial charge in [-0.2, -0.15) is 0 Å². The Labute approximate surface area is 125 Å². The fraction of sp³-hybridized carbons (Fsp3) is 0.933. The molecule has 0 bridgehead atoms. The van der Waals surface area contributed by atoms with Crippen LogP contribution in [0.15, 0.2) is 0 Å². The van der Waals surface area contributed by atoms with Gasteiger partial charge in [0.25, 0.3) is 0 Å². The Bertz CT molecular complexity index is 364. The summed E-state index contributed by atoms with van der Waals surface area (Å²) in [5.41, 5.74) is -0.0137. The van der Waals surface area contributed by atoms with Gasteiger partial charge in [-0.05, 0) is 25.7 Å². The Morgan fingerprint density at radius 3 is 2.81 bits per heavy atom. The van der Waals surface area contributed by atoms with Gasteiger partial charge in [-0.15, -0.1) is 0 Å². The summed E-state index contributed by atoms with van der Waals surface area (Å²) in [7, 11) is 1.41. The third-order valence-corrected chi connectivity index (χ3v) is 4.95. The van der Waals surface area contributed by atoms with E-state index in [1.807, 2.05) is 0 Å². The molecule has 21 heavy (non-hydrogen) atoms. The van der Waals surface area contributed by atoms with Crippen molar-refractivity contribution in [2.45, 2.75) is 43.4 Å². The van der Waals surface area contributed by atoms with Crippen molar-refractivity contribution in [3.63, 3.8) is 0 Å². The first-order chi connectivity index (χ1) is 10.2. The lowest BCUT2D eigenvalue weighted by atomic mass is 9.83. The van der Waals surface area contributed by atoms with Crippen molar-refractivity contribution in [3.05, 3.63) is 0 Å². The third kappa shape index (κ3) is 3.39. The second kappa shape index (κ2) is 6.60. The fourth-order valence-corrected chi connectivity index (χ4v) is 3.68. The van der Waals surface area contributed by atoms with E-state index in [9.17, 15) is 4.79 Å². The smallest absolute Gasteiger partial charge is 0.336 e. The van der Waals surface area contributed by atoms with Crippen LogP contribution in [0, 0.1) is 0 Å². The van der Waals surface area contributed by atoms with Gasteiger partial charge in [-0.25, -0.2) is 4.79 Å². The maximum absolute atomic E-state index is 11.7. The largest absolute Gasteiger partial charge is 0.467 e. The number of morpholine rings is 1. The normalized spacial score (nSPS) is 33.8. The number of hydrogen-bond acceptors (Lipinski definition) is 6. The average Bonchev–Trinajstić information content (AvgIpc) is 2.55. The zero-order valence-electron chi connectivity index (χ0n) is 12.7. The molecule has 1 spiro atoms. The first-order valence-electron chi connectivity index (χ1n) is 7.88. The highest BCUT2D eigenvalue weighted by Gasteiger charge is 2.42. The molecule has 0 aliphatic carbocycles. The number of carbonyl (C=O) groups is 1. The van der Waals surface area contributed by atoms with Crippen LogP contribution in [0.3, 0.4) is 0 Å². The van der Waals surface area contributed by atoms with Crippen molar-refractivity contribution in [1.29, 1.82) is 0 Å². The van der Waals surface area contributed by atoms with Crippen LogP contribution in [0.25, 0.3) is 0 Å². The van der Waals surface area contributed by atoms with Crippen molar-refractivity contribution in [1.82, 2.24) is 4.90 Å². The fourth-order valence-electron chi connectivity index (χ4n) is 3.68. The lowest BCUT2D eigenvalue weighted by Crippen LogP contribution is -2.56. The van der Waals surface area contributed by atoms with Crippen LogP contribution in [-0.2, 0) is 23.7 Å². The molecule has 2 atom stereocenters. The van der Waals surface area contributed by atoms with Crippen molar-refractivity contribution in [2.24, 2.45) is 0 Å². The van der Waals surface area contributed by atoms with Gasteiger partial charge in [0.2, 0.25) is 0 Å². The molecule has 6 nitrogen and oxygen atoms in total. The minimum atomic E-state index is -0.447. The first kappa shape index (κ1) is 15.2. The summed E-state index contributed by atoms with van der Waals surface area (Å²) in [4.78, 5) is 14.1. The van der Waals surface area contributed by atoms with E-state index < -0.39 is 6.10 Å². The molecule has 0 radical (unpaired) electrons. The number of nitrogens with zero attached hydrogens (tertiary/aromatic N) is 1. The number of carbonyl (C=O) groups excluding carboxylic acids is 1. The Balaban J connectivity index is 1.61. The van der Waals surface area contributed by atoms with E-state index in [4.69, 9.17) is 18.9 Å². The second-order valence-corrected chi connectivity index (χ2v) is 6.17. The highest BCUT2D eigenvalue weighted by Crippen LogP contribution is 2.36. The maximum atomic E-state index is 11.7. The molecule has 0 saturated carbocycles. The molecule has 0 aromatic heterocycles. The molecule has 3 saturated heterocycles. The zero-order chi connectivity index (χ0) is 14.7. The van der Waals surface area contributed by atoms with E-state index in [1.165, 1.54) is 7.11 Å². The van der Waals surface area contributed by atoms with E-state index in [0.29, 0.717) is 19.2 Å². The predicted molar refractivity (Wildman–Crippen MR) is 75.1 cm³/mol. The van der Waals surface area contributed by atoms with Gasteiger partial charge in [0.05, 0.1) is 19.3 Å². The standard InChI is InChI=1S/C15H25NO5/c1-18-14(17)13-11-16(5-9-20-13)12-2-6-21-15(10-12)3-7-19-8-4-15/h12-13H,2-11H2,1H3. The molecule has 2 unspecified atom stereocenters. The molecule has 0 amide bonds. The third-order valence-electron chi connectivity index (χ3n) is 4.95. The summed E-state index contributed by atoms with van der Waals surface area (Å²) in [6.07, 6.45) is 3.57. The molecule has 3 aliphatic rings. The number of hydrogen-bond donors (Lipinski definition) is 0. The van der Waals surface area contributed by atoms with E-state index in [0.717, 1.165) is 52.0 Å². The summed E-state index contributed by atoms with van der Waals surface area (Å²) < 4.78 is 21.9. The average molecular weight is 299 g/mol. The van der Waals surface area contributed by atoms with Gasteiger partial charge in [0, 0.05) is 39.0 Å². The molecule has 0 aromatic rings. The van der Waals surface area contributed by atoms with Crippen LogP contribution in [0.1, 0.15) is 25.7 Å². The summed E-state index contributed by atoms with van der Waals surface area (Å²) in [6, 6.07) is 0.466. The van der Waals surface area contributed by atoms with Gasteiger partial charge in [0.15, 0.2) is 6.10 Å². The predicted octanol–water partition coefficient (Wildman–Crippen LogP) is 0.588. The number of esters is 1. The molecule has 3 rings (SSSR count). The van der Waals surface area contributed by atoms with Crippen molar-refractivity contribution in [2.75, 3.05) is 46.6 Å². The SMILES string of the molecule is COC(=O)C1CN(C2CCOC3(CCOCC3)C2)CCO1. The molecule has 3 fully saturated rings. The molecule has 0 aromatic carbocycles. The van der Waals surface area contributed by atoms with Crippen LogP contribution in [0.5, 0.6) is 0 Å². The van der Waals surface area contributed by atoms with E-state index in [1.54, 1.807) is 0 Å².